The topological polar surface area (TPSA) is 81.0 Å². The first-order chi connectivity index (χ1) is 10.1. The Bertz CT molecular complexity index is 833. The van der Waals surface area contributed by atoms with Crippen molar-refractivity contribution in [3.05, 3.63) is 64.5 Å². The number of aromatic nitrogens is 2. The van der Waals surface area contributed by atoms with Crippen LogP contribution in [-0.4, -0.2) is 14.9 Å². The second-order valence-electron chi connectivity index (χ2n) is 4.68. The normalized spacial score (nSPS) is 10.5. The summed E-state index contributed by atoms with van der Waals surface area (Å²) in [6.45, 7) is 1.99. The van der Waals surface area contributed by atoms with Crippen LogP contribution in [0.15, 0.2) is 48.8 Å². The van der Waals surface area contributed by atoms with E-state index >= 15 is 0 Å². The molecule has 0 unspecified atom stereocenters. The van der Waals surface area contributed by atoms with Crippen LogP contribution >= 0.6 is 0 Å². The minimum Gasteiger partial charge on any atom is -0.340 e. The lowest BCUT2D eigenvalue weighted by atomic mass is 10.2. The first-order valence-electron chi connectivity index (χ1n) is 6.36. The van der Waals surface area contributed by atoms with Gasteiger partial charge in [0.05, 0.1) is 10.4 Å². The number of nitro groups is 1. The summed E-state index contributed by atoms with van der Waals surface area (Å²) in [4.78, 5) is 18.8. The molecule has 3 aromatic rings. The molecule has 0 radical (unpaired) electrons. The number of fused-ring (bicyclic) bond motifs is 1. The molecule has 0 aliphatic rings. The maximum atomic E-state index is 10.9. The van der Waals surface area contributed by atoms with Crippen LogP contribution in [0.1, 0.15) is 5.56 Å². The van der Waals surface area contributed by atoms with Crippen molar-refractivity contribution in [3.8, 4) is 0 Å². The molecule has 1 aromatic heterocycles. The van der Waals surface area contributed by atoms with Gasteiger partial charge in [-0.2, -0.15) is 0 Å². The van der Waals surface area contributed by atoms with Gasteiger partial charge in [0.15, 0.2) is 0 Å². The highest BCUT2D eigenvalue weighted by Gasteiger charge is 2.10. The number of nitro benzene ring substituents is 1. The van der Waals surface area contributed by atoms with E-state index in [2.05, 4.69) is 15.3 Å². The number of benzene rings is 2. The highest BCUT2D eigenvalue weighted by atomic mass is 16.6. The second-order valence-corrected chi connectivity index (χ2v) is 4.68. The van der Waals surface area contributed by atoms with Gasteiger partial charge in [0, 0.05) is 23.2 Å². The van der Waals surface area contributed by atoms with Gasteiger partial charge in [-0.3, -0.25) is 10.1 Å². The number of non-ortho nitro benzene ring substituents is 1. The average molecular weight is 280 g/mol. The number of rotatable bonds is 3. The fraction of sp³-hybridized carbons (Fsp3) is 0.0667. The smallest absolute Gasteiger partial charge is 0.270 e. The molecule has 0 aliphatic heterocycles. The molecule has 0 saturated carbocycles. The summed E-state index contributed by atoms with van der Waals surface area (Å²) in [5.41, 5.74) is 2.67. The molecule has 6 heteroatoms. The van der Waals surface area contributed by atoms with Crippen LogP contribution in [0.5, 0.6) is 0 Å². The first kappa shape index (κ1) is 13.0. The van der Waals surface area contributed by atoms with E-state index in [0.29, 0.717) is 16.7 Å². The molecular formula is C15H12N4O2. The summed E-state index contributed by atoms with van der Waals surface area (Å²) < 4.78 is 0. The Morgan fingerprint density at radius 2 is 2.00 bits per heavy atom. The molecule has 1 N–H and O–H groups in total. The van der Waals surface area contributed by atoms with E-state index in [-0.39, 0.29) is 5.69 Å². The molecule has 2 aromatic carbocycles. The first-order valence-corrected chi connectivity index (χ1v) is 6.36. The van der Waals surface area contributed by atoms with Gasteiger partial charge in [0.1, 0.15) is 12.1 Å². The van der Waals surface area contributed by atoms with Crippen molar-refractivity contribution in [1.82, 2.24) is 9.97 Å². The molecule has 0 atom stereocenters. The van der Waals surface area contributed by atoms with E-state index in [1.807, 2.05) is 31.2 Å². The van der Waals surface area contributed by atoms with Crippen molar-refractivity contribution in [1.29, 1.82) is 0 Å². The van der Waals surface area contributed by atoms with Crippen LogP contribution in [0.3, 0.4) is 0 Å². The van der Waals surface area contributed by atoms with Gasteiger partial charge in [-0.25, -0.2) is 9.97 Å². The van der Waals surface area contributed by atoms with Crippen LogP contribution in [0.2, 0.25) is 0 Å². The van der Waals surface area contributed by atoms with Crippen LogP contribution in [0, 0.1) is 17.0 Å². The Hall–Kier alpha value is -3.02. The highest BCUT2D eigenvalue weighted by Crippen LogP contribution is 2.26. The number of aryl methyl sites for hydroxylation is 1. The third-order valence-electron chi connectivity index (χ3n) is 3.11. The van der Waals surface area contributed by atoms with Gasteiger partial charge in [0.2, 0.25) is 0 Å². The minimum atomic E-state index is -0.428. The van der Waals surface area contributed by atoms with Crippen molar-refractivity contribution in [2.24, 2.45) is 0 Å². The molecule has 6 nitrogen and oxygen atoms in total. The maximum absolute atomic E-state index is 10.9. The third-order valence-corrected chi connectivity index (χ3v) is 3.11. The van der Waals surface area contributed by atoms with Gasteiger partial charge >= 0.3 is 0 Å². The molecule has 21 heavy (non-hydrogen) atoms. The number of hydrogen-bond donors (Lipinski definition) is 1. The lowest BCUT2D eigenvalue weighted by Crippen LogP contribution is -1.97. The van der Waals surface area contributed by atoms with E-state index in [0.717, 1.165) is 11.3 Å². The Morgan fingerprint density at radius 1 is 1.14 bits per heavy atom. The van der Waals surface area contributed by atoms with Crippen LogP contribution in [0.25, 0.3) is 10.9 Å². The monoisotopic (exact) mass is 280 g/mol. The largest absolute Gasteiger partial charge is 0.340 e. The van der Waals surface area contributed by atoms with Crippen molar-refractivity contribution < 1.29 is 4.92 Å². The van der Waals surface area contributed by atoms with Gasteiger partial charge in [-0.05, 0) is 30.7 Å². The number of nitrogens with one attached hydrogen (secondary N) is 1. The van der Waals surface area contributed by atoms with E-state index in [9.17, 15) is 10.1 Å². The second kappa shape index (κ2) is 5.16. The zero-order valence-corrected chi connectivity index (χ0v) is 11.3. The molecule has 3 rings (SSSR count). The molecular weight excluding hydrogens is 268 g/mol. The lowest BCUT2D eigenvalue weighted by molar-refractivity contribution is -0.384. The van der Waals surface area contributed by atoms with Gasteiger partial charge in [-0.15, -0.1) is 0 Å². The average Bonchev–Trinajstić information content (AvgIpc) is 2.47. The summed E-state index contributed by atoms with van der Waals surface area (Å²) in [6.07, 6.45) is 1.44. The quantitative estimate of drug-likeness (QED) is 0.585. The Balaban J connectivity index is 2.09. The van der Waals surface area contributed by atoms with E-state index in [1.54, 1.807) is 6.07 Å². The maximum Gasteiger partial charge on any atom is 0.270 e. The standard InChI is InChI=1S/C15H12N4O2/c1-10-3-2-4-11(7-10)18-15-13-8-12(19(20)21)5-6-14(13)16-9-17-15/h2-9H,1H3,(H,16,17,18). The Morgan fingerprint density at radius 3 is 2.76 bits per heavy atom. The number of nitrogens with zero attached hydrogens (tertiary/aromatic N) is 3. The van der Waals surface area contributed by atoms with Crippen molar-refractivity contribution in [2.45, 2.75) is 6.92 Å². The third kappa shape index (κ3) is 2.64. The molecule has 0 saturated heterocycles. The predicted molar refractivity (Wildman–Crippen MR) is 80.7 cm³/mol. The van der Waals surface area contributed by atoms with Crippen LogP contribution in [0.4, 0.5) is 17.2 Å². The summed E-state index contributed by atoms with van der Waals surface area (Å²) in [5.74, 6) is 0.550. The van der Waals surface area contributed by atoms with Gasteiger partial charge in [0.25, 0.3) is 5.69 Å². The molecule has 104 valence electrons. The van der Waals surface area contributed by atoms with Crippen LogP contribution < -0.4 is 5.32 Å². The van der Waals surface area contributed by atoms with Crippen LogP contribution in [-0.2, 0) is 0 Å². The molecule has 0 fully saturated rings. The van der Waals surface area contributed by atoms with Gasteiger partial charge < -0.3 is 5.32 Å². The summed E-state index contributed by atoms with van der Waals surface area (Å²) >= 11 is 0. The van der Waals surface area contributed by atoms with E-state index in [4.69, 9.17) is 0 Å². The van der Waals surface area contributed by atoms with Gasteiger partial charge in [-0.1, -0.05) is 12.1 Å². The Kier molecular flexibility index (Phi) is 3.19. The summed E-state index contributed by atoms with van der Waals surface area (Å²) in [5, 5.41) is 14.7. The number of anilines is 2. The van der Waals surface area contributed by atoms with E-state index < -0.39 is 4.92 Å². The molecule has 0 spiro atoms. The van der Waals surface area contributed by atoms with Crippen molar-refractivity contribution in [2.75, 3.05) is 5.32 Å². The highest BCUT2D eigenvalue weighted by molar-refractivity contribution is 5.92. The van der Waals surface area contributed by atoms with E-state index in [1.165, 1.54) is 18.5 Å². The summed E-state index contributed by atoms with van der Waals surface area (Å²) in [6, 6.07) is 12.4. The predicted octanol–water partition coefficient (Wildman–Crippen LogP) is 3.59. The van der Waals surface area contributed by atoms with Crippen molar-refractivity contribution >= 4 is 28.1 Å². The SMILES string of the molecule is Cc1cccc(Nc2ncnc3ccc([N+](=O)[O-])cc23)c1. The lowest BCUT2D eigenvalue weighted by Gasteiger charge is -2.08. The molecule has 0 aliphatic carbocycles. The minimum absolute atomic E-state index is 0.0181. The molecule has 0 amide bonds. The number of hydrogen-bond acceptors (Lipinski definition) is 5. The van der Waals surface area contributed by atoms with Crippen molar-refractivity contribution in [3.63, 3.8) is 0 Å². The molecule has 1 heterocycles. The fourth-order valence-electron chi connectivity index (χ4n) is 2.12. The molecule has 0 bridgehead atoms. The zero-order chi connectivity index (χ0) is 14.8. The zero-order valence-electron chi connectivity index (χ0n) is 11.3. The Labute approximate surface area is 120 Å². The fourth-order valence-corrected chi connectivity index (χ4v) is 2.12. The summed E-state index contributed by atoms with van der Waals surface area (Å²) in [7, 11) is 0.